The Hall–Kier alpha value is -2.64. The van der Waals surface area contributed by atoms with Crippen LogP contribution in [0.3, 0.4) is 0 Å². The first kappa shape index (κ1) is 13.3. The monoisotopic (exact) mass is 296 g/mol. The van der Waals surface area contributed by atoms with Crippen molar-refractivity contribution in [2.24, 2.45) is 0 Å². The molecule has 2 aromatic rings. The maximum atomic E-state index is 12.5. The number of hydrogen-bond acceptors (Lipinski definition) is 3. The SMILES string of the molecule is Cc1ccc2c(c1)C(=O)N(c1cc(Cl)ccc1C#N)C2=O. The molecule has 1 heterocycles. The molecule has 0 bridgehead atoms. The van der Waals surface area contributed by atoms with Gasteiger partial charge in [0.15, 0.2) is 0 Å². The van der Waals surface area contributed by atoms with Crippen molar-refractivity contribution in [1.29, 1.82) is 5.26 Å². The van der Waals surface area contributed by atoms with E-state index >= 15 is 0 Å². The fourth-order valence-electron chi connectivity index (χ4n) is 2.36. The Morgan fingerprint density at radius 2 is 1.76 bits per heavy atom. The van der Waals surface area contributed by atoms with Gasteiger partial charge in [-0.15, -0.1) is 0 Å². The van der Waals surface area contributed by atoms with Gasteiger partial charge in [-0.1, -0.05) is 23.2 Å². The zero-order valence-corrected chi connectivity index (χ0v) is 11.8. The molecule has 0 fully saturated rings. The summed E-state index contributed by atoms with van der Waals surface area (Å²) in [6, 6.07) is 11.5. The van der Waals surface area contributed by atoms with E-state index in [0.717, 1.165) is 10.5 Å². The number of nitriles is 1. The topological polar surface area (TPSA) is 61.2 Å². The van der Waals surface area contributed by atoms with Gasteiger partial charge >= 0.3 is 0 Å². The Labute approximate surface area is 126 Å². The number of rotatable bonds is 1. The minimum absolute atomic E-state index is 0.217. The summed E-state index contributed by atoms with van der Waals surface area (Å²) in [5, 5.41) is 9.52. The van der Waals surface area contributed by atoms with Gasteiger partial charge in [0.25, 0.3) is 11.8 Å². The molecule has 102 valence electrons. The molecule has 5 heteroatoms. The maximum absolute atomic E-state index is 12.5. The van der Waals surface area contributed by atoms with Gasteiger partial charge in [-0.05, 0) is 37.3 Å². The fraction of sp³-hybridized carbons (Fsp3) is 0.0625. The lowest BCUT2D eigenvalue weighted by Gasteiger charge is -2.15. The van der Waals surface area contributed by atoms with Gasteiger partial charge in [0.2, 0.25) is 0 Å². The molecule has 0 atom stereocenters. The number of hydrogen-bond donors (Lipinski definition) is 0. The van der Waals surface area contributed by atoms with Gasteiger partial charge in [0.05, 0.1) is 22.4 Å². The molecule has 0 unspecified atom stereocenters. The number of nitrogens with zero attached hydrogens (tertiary/aromatic N) is 2. The van der Waals surface area contributed by atoms with Crippen molar-refractivity contribution in [2.75, 3.05) is 4.90 Å². The van der Waals surface area contributed by atoms with E-state index in [1.165, 1.54) is 12.1 Å². The Kier molecular flexibility index (Phi) is 3.00. The zero-order chi connectivity index (χ0) is 15.1. The van der Waals surface area contributed by atoms with E-state index in [9.17, 15) is 9.59 Å². The van der Waals surface area contributed by atoms with Crippen molar-refractivity contribution in [3.8, 4) is 6.07 Å². The van der Waals surface area contributed by atoms with Gasteiger partial charge in [0.1, 0.15) is 6.07 Å². The number of anilines is 1. The number of aryl methyl sites for hydroxylation is 1. The molecule has 2 amide bonds. The van der Waals surface area contributed by atoms with Crippen LogP contribution in [-0.2, 0) is 0 Å². The second-order valence-corrected chi connectivity index (χ2v) is 5.20. The second kappa shape index (κ2) is 4.72. The van der Waals surface area contributed by atoms with Gasteiger partial charge in [-0.25, -0.2) is 4.90 Å². The normalized spacial score (nSPS) is 13.3. The first-order valence-electron chi connectivity index (χ1n) is 6.22. The molecule has 1 aliphatic heterocycles. The van der Waals surface area contributed by atoms with E-state index < -0.39 is 11.8 Å². The highest BCUT2D eigenvalue weighted by atomic mass is 35.5. The van der Waals surface area contributed by atoms with Crippen molar-refractivity contribution in [3.05, 3.63) is 63.7 Å². The summed E-state index contributed by atoms with van der Waals surface area (Å²) in [4.78, 5) is 26.0. The van der Waals surface area contributed by atoms with Crippen LogP contribution in [0.1, 0.15) is 31.8 Å². The molecule has 3 rings (SSSR count). The van der Waals surface area contributed by atoms with Crippen LogP contribution in [0.15, 0.2) is 36.4 Å². The quantitative estimate of drug-likeness (QED) is 0.758. The highest BCUT2D eigenvalue weighted by Crippen LogP contribution is 2.32. The third-order valence-corrected chi connectivity index (χ3v) is 3.60. The number of imide groups is 1. The van der Waals surface area contributed by atoms with Crippen molar-refractivity contribution in [2.45, 2.75) is 6.92 Å². The molecule has 4 nitrogen and oxygen atoms in total. The molecule has 0 N–H and O–H groups in total. The summed E-state index contributed by atoms with van der Waals surface area (Å²) in [5.41, 5.74) is 2.03. The molecule has 21 heavy (non-hydrogen) atoms. The van der Waals surface area contributed by atoms with E-state index in [1.807, 2.05) is 13.0 Å². The summed E-state index contributed by atoms with van der Waals surface area (Å²) >= 11 is 5.93. The average Bonchev–Trinajstić information content (AvgIpc) is 2.70. The van der Waals surface area contributed by atoms with Crippen LogP contribution in [0.4, 0.5) is 5.69 Å². The standard InChI is InChI=1S/C16H9ClN2O2/c1-9-2-5-12-13(6-9)16(21)19(15(12)20)14-7-11(17)4-3-10(14)8-18/h2-7H,1H3. The van der Waals surface area contributed by atoms with Crippen molar-refractivity contribution in [1.82, 2.24) is 0 Å². The number of halogens is 1. The van der Waals surface area contributed by atoms with Crippen molar-refractivity contribution in [3.63, 3.8) is 0 Å². The summed E-state index contributed by atoms with van der Waals surface area (Å²) in [6.07, 6.45) is 0. The van der Waals surface area contributed by atoms with Crippen LogP contribution in [0, 0.1) is 18.3 Å². The Balaban J connectivity index is 2.19. The molecular weight excluding hydrogens is 288 g/mol. The lowest BCUT2D eigenvalue weighted by Crippen LogP contribution is -2.30. The summed E-state index contributed by atoms with van der Waals surface area (Å²) < 4.78 is 0. The van der Waals surface area contributed by atoms with Crippen LogP contribution in [0.5, 0.6) is 0 Å². The van der Waals surface area contributed by atoms with Gasteiger partial charge in [-0.3, -0.25) is 9.59 Å². The van der Waals surface area contributed by atoms with E-state index in [4.69, 9.17) is 16.9 Å². The summed E-state index contributed by atoms with van der Waals surface area (Å²) in [7, 11) is 0. The van der Waals surface area contributed by atoms with Crippen molar-refractivity contribution < 1.29 is 9.59 Å². The summed E-state index contributed by atoms with van der Waals surface area (Å²) in [6.45, 7) is 1.85. The van der Waals surface area contributed by atoms with Gasteiger partial charge < -0.3 is 0 Å². The van der Waals surface area contributed by atoms with E-state index in [2.05, 4.69) is 0 Å². The number of benzene rings is 2. The minimum Gasteiger partial charge on any atom is -0.268 e. The van der Waals surface area contributed by atoms with Crippen LogP contribution in [0.2, 0.25) is 5.02 Å². The molecule has 0 aliphatic carbocycles. The Morgan fingerprint density at radius 3 is 2.48 bits per heavy atom. The van der Waals surface area contributed by atoms with Gasteiger partial charge in [0, 0.05) is 5.02 Å². The molecule has 0 radical (unpaired) electrons. The maximum Gasteiger partial charge on any atom is 0.266 e. The molecular formula is C16H9ClN2O2. The zero-order valence-electron chi connectivity index (χ0n) is 11.1. The Morgan fingerprint density at radius 1 is 1.05 bits per heavy atom. The second-order valence-electron chi connectivity index (χ2n) is 4.77. The third-order valence-electron chi connectivity index (χ3n) is 3.36. The van der Waals surface area contributed by atoms with E-state index in [1.54, 1.807) is 24.3 Å². The van der Waals surface area contributed by atoms with E-state index in [0.29, 0.717) is 16.1 Å². The predicted octanol–water partition coefficient (Wildman–Crippen LogP) is 3.32. The van der Waals surface area contributed by atoms with Crippen LogP contribution in [0.25, 0.3) is 0 Å². The third kappa shape index (κ3) is 1.99. The van der Waals surface area contributed by atoms with Crippen LogP contribution < -0.4 is 4.90 Å². The largest absolute Gasteiger partial charge is 0.268 e. The smallest absolute Gasteiger partial charge is 0.266 e. The average molecular weight is 297 g/mol. The minimum atomic E-state index is -0.436. The number of fused-ring (bicyclic) bond motifs is 1. The fourth-order valence-corrected chi connectivity index (χ4v) is 2.52. The first-order chi connectivity index (χ1) is 10.0. The lowest BCUT2D eigenvalue weighted by molar-refractivity contribution is 0.0926. The molecule has 0 spiro atoms. The number of amides is 2. The van der Waals surface area contributed by atoms with Gasteiger partial charge in [-0.2, -0.15) is 5.26 Å². The van der Waals surface area contributed by atoms with E-state index in [-0.39, 0.29) is 11.3 Å². The summed E-state index contributed by atoms with van der Waals surface area (Å²) in [5.74, 6) is -0.869. The molecule has 0 saturated carbocycles. The van der Waals surface area contributed by atoms with Crippen molar-refractivity contribution >= 4 is 29.1 Å². The molecule has 0 aromatic heterocycles. The number of carbonyl (C=O) groups excluding carboxylic acids is 2. The molecule has 0 saturated heterocycles. The number of carbonyl (C=O) groups is 2. The van der Waals surface area contributed by atoms with Crippen LogP contribution >= 0.6 is 11.6 Å². The highest BCUT2D eigenvalue weighted by molar-refractivity contribution is 6.36. The Bertz CT molecular complexity index is 837. The first-order valence-corrected chi connectivity index (χ1v) is 6.60. The predicted molar refractivity (Wildman–Crippen MR) is 78.5 cm³/mol. The van der Waals surface area contributed by atoms with Crippen LogP contribution in [-0.4, -0.2) is 11.8 Å². The molecule has 2 aromatic carbocycles. The highest BCUT2D eigenvalue weighted by Gasteiger charge is 2.37. The lowest BCUT2D eigenvalue weighted by atomic mass is 10.1. The molecule has 1 aliphatic rings.